The van der Waals surface area contributed by atoms with Gasteiger partial charge in [0.15, 0.2) is 0 Å². The molecule has 5 heteroatoms. The van der Waals surface area contributed by atoms with Crippen LogP contribution in [0.1, 0.15) is 16.8 Å². The van der Waals surface area contributed by atoms with Gasteiger partial charge in [-0.25, -0.2) is 0 Å². The molecule has 1 amide bonds. The van der Waals surface area contributed by atoms with Crippen molar-refractivity contribution in [2.24, 2.45) is 0 Å². The van der Waals surface area contributed by atoms with Crippen molar-refractivity contribution in [3.63, 3.8) is 0 Å². The number of carbonyl (C=O) groups excluding carboxylic acids is 1. The molecule has 2 aromatic carbocycles. The van der Waals surface area contributed by atoms with Gasteiger partial charge in [0.25, 0.3) is 5.91 Å². The van der Waals surface area contributed by atoms with E-state index in [9.17, 15) is 9.00 Å². The SMILES string of the molecule is C[S@](=O)c1ccc(C(=O)NCCCn2ccc3ccccc32)cc1. The first kappa shape index (κ1) is 16.5. The molecular formula is C19H20N2O2S. The summed E-state index contributed by atoms with van der Waals surface area (Å²) < 4.78 is 13.6. The molecule has 0 saturated carbocycles. The Balaban J connectivity index is 1.51. The zero-order chi connectivity index (χ0) is 16.9. The maximum absolute atomic E-state index is 12.1. The quantitative estimate of drug-likeness (QED) is 0.701. The molecule has 0 unspecified atom stereocenters. The summed E-state index contributed by atoms with van der Waals surface area (Å²) in [5.74, 6) is -0.0965. The molecule has 0 bridgehead atoms. The number of hydrogen-bond donors (Lipinski definition) is 1. The van der Waals surface area contributed by atoms with Gasteiger partial charge in [-0.15, -0.1) is 0 Å². The Hall–Kier alpha value is -2.40. The molecule has 124 valence electrons. The van der Waals surface area contributed by atoms with Gasteiger partial charge in [-0.3, -0.25) is 9.00 Å². The van der Waals surface area contributed by atoms with E-state index < -0.39 is 10.8 Å². The summed E-state index contributed by atoms with van der Waals surface area (Å²) >= 11 is 0. The number of hydrogen-bond acceptors (Lipinski definition) is 2. The minimum atomic E-state index is -1.02. The summed E-state index contributed by atoms with van der Waals surface area (Å²) in [6.07, 6.45) is 4.57. The van der Waals surface area contributed by atoms with Gasteiger partial charge >= 0.3 is 0 Å². The van der Waals surface area contributed by atoms with Crippen LogP contribution in [0.2, 0.25) is 0 Å². The third kappa shape index (κ3) is 3.74. The summed E-state index contributed by atoms with van der Waals surface area (Å²) in [7, 11) is -1.02. The lowest BCUT2D eigenvalue weighted by Gasteiger charge is -2.08. The topological polar surface area (TPSA) is 51.1 Å². The van der Waals surface area contributed by atoms with Gasteiger partial charge < -0.3 is 9.88 Å². The standard InChI is InChI=1S/C19H20N2O2S/c1-24(23)17-9-7-16(8-10-17)19(22)20-12-4-13-21-14-11-15-5-2-3-6-18(15)21/h2-3,5-11,14H,4,12-13H2,1H3,(H,20,22)/t24-/m0/s1. The van der Waals surface area contributed by atoms with Gasteiger partial charge in [0, 0.05) is 52.3 Å². The number of aromatic nitrogens is 1. The third-order valence-electron chi connectivity index (χ3n) is 3.99. The van der Waals surface area contributed by atoms with Crippen LogP contribution >= 0.6 is 0 Å². The van der Waals surface area contributed by atoms with Crippen LogP contribution in [0.15, 0.2) is 65.7 Å². The summed E-state index contributed by atoms with van der Waals surface area (Å²) in [5, 5.41) is 4.16. The van der Waals surface area contributed by atoms with E-state index in [4.69, 9.17) is 0 Å². The van der Waals surface area contributed by atoms with Gasteiger partial charge in [0.2, 0.25) is 0 Å². The monoisotopic (exact) mass is 340 g/mol. The number of carbonyl (C=O) groups is 1. The van der Waals surface area contributed by atoms with Crippen molar-refractivity contribution in [1.29, 1.82) is 0 Å². The molecule has 1 heterocycles. The molecule has 3 aromatic rings. The van der Waals surface area contributed by atoms with E-state index in [-0.39, 0.29) is 5.91 Å². The Labute approximate surface area is 143 Å². The number of nitrogens with one attached hydrogen (secondary N) is 1. The van der Waals surface area contributed by atoms with Crippen LogP contribution in [0, 0.1) is 0 Å². The zero-order valence-electron chi connectivity index (χ0n) is 13.6. The van der Waals surface area contributed by atoms with E-state index in [1.807, 2.05) is 12.1 Å². The summed E-state index contributed by atoms with van der Waals surface area (Å²) in [6.45, 7) is 1.48. The second-order valence-electron chi connectivity index (χ2n) is 5.66. The van der Waals surface area contributed by atoms with Crippen molar-refractivity contribution in [2.45, 2.75) is 17.9 Å². The molecule has 0 spiro atoms. The summed E-state index contributed by atoms with van der Waals surface area (Å²) in [4.78, 5) is 12.8. The Bertz CT molecular complexity index is 868. The highest BCUT2D eigenvalue weighted by molar-refractivity contribution is 7.84. The highest BCUT2D eigenvalue weighted by Crippen LogP contribution is 2.15. The first-order chi connectivity index (χ1) is 11.6. The van der Waals surface area contributed by atoms with Crippen LogP contribution in [0.25, 0.3) is 10.9 Å². The minimum Gasteiger partial charge on any atom is -0.352 e. The molecule has 3 rings (SSSR count). The fourth-order valence-corrected chi connectivity index (χ4v) is 3.21. The van der Waals surface area contributed by atoms with Crippen LogP contribution in [0.5, 0.6) is 0 Å². The normalized spacial score (nSPS) is 12.2. The van der Waals surface area contributed by atoms with E-state index in [0.29, 0.717) is 12.1 Å². The number of benzene rings is 2. The lowest BCUT2D eigenvalue weighted by molar-refractivity contribution is 0.0952. The predicted molar refractivity (Wildman–Crippen MR) is 97.7 cm³/mol. The Kier molecular flexibility index (Phi) is 5.11. The lowest BCUT2D eigenvalue weighted by Crippen LogP contribution is -2.25. The number of aryl methyl sites for hydroxylation is 1. The molecule has 0 fully saturated rings. The highest BCUT2D eigenvalue weighted by Gasteiger charge is 2.06. The second-order valence-corrected chi connectivity index (χ2v) is 7.04. The smallest absolute Gasteiger partial charge is 0.251 e. The maximum atomic E-state index is 12.1. The maximum Gasteiger partial charge on any atom is 0.251 e. The van der Waals surface area contributed by atoms with E-state index in [2.05, 4.69) is 34.3 Å². The zero-order valence-corrected chi connectivity index (χ0v) is 14.4. The molecule has 0 aliphatic rings. The predicted octanol–water partition coefficient (Wildman–Crippen LogP) is 3.20. The van der Waals surface area contributed by atoms with Crippen molar-refractivity contribution >= 4 is 27.6 Å². The van der Waals surface area contributed by atoms with Crippen LogP contribution in [-0.4, -0.2) is 27.5 Å². The lowest BCUT2D eigenvalue weighted by atomic mass is 10.2. The molecule has 1 atom stereocenters. The highest BCUT2D eigenvalue weighted by atomic mass is 32.2. The van der Waals surface area contributed by atoms with Gasteiger partial charge in [-0.05, 0) is 48.2 Å². The number of rotatable bonds is 6. The van der Waals surface area contributed by atoms with Crippen molar-refractivity contribution in [2.75, 3.05) is 12.8 Å². The van der Waals surface area contributed by atoms with Crippen LogP contribution in [-0.2, 0) is 17.3 Å². The van der Waals surface area contributed by atoms with E-state index >= 15 is 0 Å². The molecule has 0 radical (unpaired) electrons. The largest absolute Gasteiger partial charge is 0.352 e. The molecule has 24 heavy (non-hydrogen) atoms. The average molecular weight is 340 g/mol. The number of para-hydroxylation sites is 1. The number of nitrogens with zero attached hydrogens (tertiary/aromatic N) is 1. The van der Waals surface area contributed by atoms with Crippen molar-refractivity contribution in [3.8, 4) is 0 Å². The molecule has 0 aliphatic carbocycles. The third-order valence-corrected chi connectivity index (χ3v) is 4.93. The van der Waals surface area contributed by atoms with Gasteiger partial charge in [0.05, 0.1) is 0 Å². The van der Waals surface area contributed by atoms with E-state index in [1.165, 1.54) is 10.9 Å². The fourth-order valence-electron chi connectivity index (χ4n) is 2.69. The molecule has 4 nitrogen and oxygen atoms in total. The van der Waals surface area contributed by atoms with Crippen molar-refractivity contribution in [1.82, 2.24) is 9.88 Å². The Morgan fingerprint density at radius 1 is 1.08 bits per heavy atom. The van der Waals surface area contributed by atoms with Crippen molar-refractivity contribution < 1.29 is 9.00 Å². The Morgan fingerprint density at radius 3 is 2.58 bits per heavy atom. The second kappa shape index (κ2) is 7.45. The fraction of sp³-hybridized carbons (Fsp3) is 0.211. The van der Waals surface area contributed by atoms with Crippen LogP contribution in [0.4, 0.5) is 0 Å². The molecule has 1 N–H and O–H groups in total. The number of fused-ring (bicyclic) bond motifs is 1. The first-order valence-corrected chi connectivity index (χ1v) is 9.46. The Morgan fingerprint density at radius 2 is 1.83 bits per heavy atom. The van der Waals surface area contributed by atoms with Crippen molar-refractivity contribution in [3.05, 3.63) is 66.4 Å². The molecular weight excluding hydrogens is 320 g/mol. The average Bonchev–Trinajstić information content (AvgIpc) is 3.02. The first-order valence-electron chi connectivity index (χ1n) is 7.91. The molecule has 0 aliphatic heterocycles. The number of amides is 1. The molecule has 0 saturated heterocycles. The summed E-state index contributed by atoms with van der Waals surface area (Å²) in [6, 6.07) is 17.3. The van der Waals surface area contributed by atoms with Gasteiger partial charge in [-0.1, -0.05) is 18.2 Å². The van der Waals surface area contributed by atoms with Crippen LogP contribution in [0.3, 0.4) is 0 Å². The summed E-state index contributed by atoms with van der Waals surface area (Å²) in [5.41, 5.74) is 1.81. The van der Waals surface area contributed by atoms with Crippen LogP contribution < -0.4 is 5.32 Å². The van der Waals surface area contributed by atoms with E-state index in [0.717, 1.165) is 17.9 Å². The minimum absolute atomic E-state index is 0.0965. The molecule has 1 aromatic heterocycles. The van der Waals surface area contributed by atoms with Gasteiger partial charge in [-0.2, -0.15) is 0 Å². The van der Waals surface area contributed by atoms with Gasteiger partial charge in [0.1, 0.15) is 0 Å². The van der Waals surface area contributed by atoms with E-state index in [1.54, 1.807) is 30.5 Å².